The average molecular weight is 329 g/mol. The minimum atomic E-state index is -0.536. The van der Waals surface area contributed by atoms with Crippen molar-refractivity contribution in [3.05, 3.63) is 41.3 Å². The number of likely N-dealkylation sites (tertiary alicyclic amines) is 1. The van der Waals surface area contributed by atoms with Crippen LogP contribution in [-0.4, -0.2) is 29.4 Å². The Hall–Kier alpha value is -2.34. The second kappa shape index (κ2) is 6.42. The summed E-state index contributed by atoms with van der Waals surface area (Å²) >= 11 is 1.68. The van der Waals surface area contributed by atoms with Crippen LogP contribution in [0.15, 0.2) is 35.7 Å². The van der Waals surface area contributed by atoms with Gasteiger partial charge in [0.25, 0.3) is 0 Å². The maximum absolute atomic E-state index is 12.4. The van der Waals surface area contributed by atoms with E-state index >= 15 is 0 Å². The molecular formula is C17H19N3O2S. The number of anilines is 1. The van der Waals surface area contributed by atoms with E-state index < -0.39 is 12.1 Å². The minimum Gasteiger partial charge on any atom is -0.351 e. The molecule has 3 N–H and O–H groups in total. The summed E-state index contributed by atoms with van der Waals surface area (Å²) in [4.78, 5) is 26.5. The van der Waals surface area contributed by atoms with Crippen LogP contribution >= 0.6 is 11.3 Å². The zero-order valence-electron chi connectivity index (χ0n) is 12.9. The predicted octanol–water partition coefficient (Wildman–Crippen LogP) is 3.21. The molecule has 120 valence electrons. The van der Waals surface area contributed by atoms with Crippen molar-refractivity contribution in [2.24, 2.45) is 5.73 Å². The lowest BCUT2D eigenvalue weighted by atomic mass is 10.1. The number of amides is 3. The molecule has 0 bridgehead atoms. The molecule has 1 aliphatic rings. The van der Waals surface area contributed by atoms with Crippen molar-refractivity contribution in [2.75, 3.05) is 11.9 Å². The van der Waals surface area contributed by atoms with E-state index in [0.29, 0.717) is 13.0 Å². The Labute approximate surface area is 139 Å². The fourth-order valence-corrected chi connectivity index (χ4v) is 3.86. The quantitative estimate of drug-likeness (QED) is 0.907. The summed E-state index contributed by atoms with van der Waals surface area (Å²) in [6, 6.07) is 8.83. The molecule has 5 nitrogen and oxygen atoms in total. The van der Waals surface area contributed by atoms with Gasteiger partial charge in [0.2, 0.25) is 5.91 Å². The molecule has 0 unspecified atom stereocenters. The fraction of sp³-hybridized carbons (Fsp3) is 0.294. The fourth-order valence-electron chi connectivity index (χ4n) is 2.94. The normalized spacial score (nSPS) is 17.3. The molecule has 3 amide bonds. The van der Waals surface area contributed by atoms with Crippen molar-refractivity contribution in [3.63, 3.8) is 0 Å². The van der Waals surface area contributed by atoms with E-state index in [1.807, 2.05) is 24.3 Å². The van der Waals surface area contributed by atoms with Crippen LogP contribution in [0.1, 0.15) is 18.4 Å². The van der Waals surface area contributed by atoms with Crippen molar-refractivity contribution in [1.29, 1.82) is 0 Å². The lowest BCUT2D eigenvalue weighted by molar-refractivity contribution is -0.119. The summed E-state index contributed by atoms with van der Waals surface area (Å²) in [6.07, 6.45) is 1.45. The minimum absolute atomic E-state index is 0.179. The summed E-state index contributed by atoms with van der Waals surface area (Å²) in [6.45, 7) is 2.61. The van der Waals surface area contributed by atoms with Crippen molar-refractivity contribution in [1.82, 2.24) is 4.90 Å². The average Bonchev–Trinajstić information content (AvgIpc) is 3.16. The molecule has 6 heteroatoms. The van der Waals surface area contributed by atoms with Gasteiger partial charge in [0.1, 0.15) is 6.04 Å². The van der Waals surface area contributed by atoms with E-state index in [9.17, 15) is 9.59 Å². The molecule has 0 aliphatic carbocycles. The highest BCUT2D eigenvalue weighted by Gasteiger charge is 2.32. The standard InChI is InChI=1S/C17H19N3O2S/c1-11-7-9-23-15(11)12-4-2-5-13(10-12)19-16(21)14-6-3-8-20(14)17(18)22/h2,4-5,7,9-10,14H,3,6,8H2,1H3,(H2,18,22)(H,19,21)/t14-/m0/s1. The van der Waals surface area contributed by atoms with Crippen LogP contribution in [0.3, 0.4) is 0 Å². The maximum atomic E-state index is 12.4. The van der Waals surface area contributed by atoms with Crippen LogP contribution in [0.4, 0.5) is 10.5 Å². The van der Waals surface area contributed by atoms with Gasteiger partial charge in [-0.15, -0.1) is 11.3 Å². The second-order valence-electron chi connectivity index (χ2n) is 5.69. The molecular weight excluding hydrogens is 310 g/mol. The Balaban J connectivity index is 1.77. The molecule has 0 radical (unpaired) electrons. The van der Waals surface area contributed by atoms with E-state index in [1.165, 1.54) is 15.3 Å². The van der Waals surface area contributed by atoms with Gasteiger partial charge in [-0.2, -0.15) is 0 Å². The molecule has 0 spiro atoms. The number of hydrogen-bond donors (Lipinski definition) is 2. The third kappa shape index (κ3) is 3.22. The molecule has 1 aromatic carbocycles. The van der Waals surface area contributed by atoms with Crippen LogP contribution < -0.4 is 11.1 Å². The summed E-state index contributed by atoms with van der Waals surface area (Å²) in [7, 11) is 0. The zero-order chi connectivity index (χ0) is 16.4. The van der Waals surface area contributed by atoms with Gasteiger partial charge in [0, 0.05) is 17.1 Å². The highest BCUT2D eigenvalue weighted by atomic mass is 32.1. The second-order valence-corrected chi connectivity index (χ2v) is 6.61. The lowest BCUT2D eigenvalue weighted by Crippen LogP contribution is -2.45. The summed E-state index contributed by atoms with van der Waals surface area (Å²) < 4.78 is 0. The van der Waals surface area contributed by atoms with Crippen LogP contribution in [0.2, 0.25) is 0 Å². The van der Waals surface area contributed by atoms with Gasteiger partial charge in [0.15, 0.2) is 0 Å². The number of carbonyl (C=O) groups excluding carboxylic acids is 2. The Bertz CT molecular complexity index is 741. The number of nitrogens with one attached hydrogen (secondary N) is 1. The third-order valence-electron chi connectivity index (χ3n) is 4.09. The summed E-state index contributed by atoms with van der Waals surface area (Å²) in [5.74, 6) is -0.179. The predicted molar refractivity (Wildman–Crippen MR) is 92.4 cm³/mol. The molecule has 1 atom stereocenters. The van der Waals surface area contributed by atoms with E-state index in [2.05, 4.69) is 23.7 Å². The number of nitrogens with zero attached hydrogens (tertiary/aromatic N) is 1. The van der Waals surface area contributed by atoms with Crippen LogP contribution in [0.25, 0.3) is 10.4 Å². The molecule has 2 aromatic rings. The lowest BCUT2D eigenvalue weighted by Gasteiger charge is -2.21. The van der Waals surface area contributed by atoms with Gasteiger partial charge in [0.05, 0.1) is 0 Å². The van der Waals surface area contributed by atoms with Gasteiger partial charge in [-0.05, 0) is 54.5 Å². The van der Waals surface area contributed by atoms with Crippen LogP contribution in [0, 0.1) is 6.92 Å². The van der Waals surface area contributed by atoms with Crippen molar-refractivity contribution >= 4 is 29.0 Å². The molecule has 23 heavy (non-hydrogen) atoms. The third-order valence-corrected chi connectivity index (χ3v) is 5.16. The van der Waals surface area contributed by atoms with E-state index in [0.717, 1.165) is 17.7 Å². The van der Waals surface area contributed by atoms with Gasteiger partial charge < -0.3 is 16.0 Å². The molecule has 1 aromatic heterocycles. The number of hydrogen-bond acceptors (Lipinski definition) is 3. The molecule has 1 fully saturated rings. The van der Waals surface area contributed by atoms with E-state index in [1.54, 1.807) is 11.3 Å². The topological polar surface area (TPSA) is 75.4 Å². The van der Waals surface area contributed by atoms with E-state index in [4.69, 9.17) is 5.73 Å². The first kappa shape index (κ1) is 15.6. The Morgan fingerprint density at radius 1 is 1.35 bits per heavy atom. The number of urea groups is 1. The Morgan fingerprint density at radius 2 is 2.17 bits per heavy atom. The molecule has 1 aliphatic heterocycles. The number of aryl methyl sites for hydroxylation is 1. The SMILES string of the molecule is Cc1ccsc1-c1cccc(NC(=O)[C@@H]2CCCN2C(N)=O)c1. The highest BCUT2D eigenvalue weighted by Crippen LogP contribution is 2.30. The monoisotopic (exact) mass is 329 g/mol. The Kier molecular flexibility index (Phi) is 4.34. The molecule has 1 saturated heterocycles. The summed E-state index contributed by atoms with van der Waals surface area (Å²) in [5, 5.41) is 4.96. The van der Waals surface area contributed by atoms with Gasteiger partial charge in [-0.25, -0.2) is 4.79 Å². The highest BCUT2D eigenvalue weighted by molar-refractivity contribution is 7.13. The first-order chi connectivity index (χ1) is 11.1. The molecule has 3 rings (SSSR count). The van der Waals surface area contributed by atoms with Gasteiger partial charge in [-0.3, -0.25) is 4.79 Å². The van der Waals surface area contributed by atoms with Crippen molar-refractivity contribution in [2.45, 2.75) is 25.8 Å². The number of primary amides is 1. The first-order valence-electron chi connectivity index (χ1n) is 7.58. The number of rotatable bonds is 3. The van der Waals surface area contributed by atoms with Gasteiger partial charge >= 0.3 is 6.03 Å². The van der Waals surface area contributed by atoms with Crippen molar-refractivity contribution in [3.8, 4) is 10.4 Å². The van der Waals surface area contributed by atoms with Gasteiger partial charge in [-0.1, -0.05) is 12.1 Å². The smallest absolute Gasteiger partial charge is 0.315 e. The Morgan fingerprint density at radius 3 is 2.87 bits per heavy atom. The first-order valence-corrected chi connectivity index (χ1v) is 8.45. The summed E-state index contributed by atoms with van der Waals surface area (Å²) in [5.41, 5.74) is 8.36. The zero-order valence-corrected chi connectivity index (χ0v) is 13.7. The molecule has 0 saturated carbocycles. The number of benzene rings is 1. The van der Waals surface area contributed by atoms with Crippen LogP contribution in [0.5, 0.6) is 0 Å². The number of carbonyl (C=O) groups is 2. The van der Waals surface area contributed by atoms with Crippen LogP contribution in [-0.2, 0) is 4.79 Å². The molecule has 2 heterocycles. The number of nitrogens with two attached hydrogens (primary N) is 1. The maximum Gasteiger partial charge on any atom is 0.315 e. The van der Waals surface area contributed by atoms with E-state index in [-0.39, 0.29) is 5.91 Å². The number of thiophene rings is 1. The van der Waals surface area contributed by atoms with Crippen molar-refractivity contribution < 1.29 is 9.59 Å². The largest absolute Gasteiger partial charge is 0.351 e.